The first-order valence-electron chi connectivity index (χ1n) is 8.35. The van der Waals surface area contributed by atoms with Crippen LogP contribution in [0.4, 0.5) is 0 Å². The second-order valence-corrected chi connectivity index (χ2v) is 6.25. The van der Waals surface area contributed by atoms with Crippen molar-refractivity contribution in [3.63, 3.8) is 0 Å². The number of hydrogen-bond donors (Lipinski definition) is 1. The van der Waals surface area contributed by atoms with Crippen LogP contribution in [0.3, 0.4) is 0 Å². The molecule has 1 amide bonds. The van der Waals surface area contributed by atoms with Gasteiger partial charge < -0.3 is 5.32 Å². The zero-order valence-electron chi connectivity index (χ0n) is 14.3. The van der Waals surface area contributed by atoms with Crippen molar-refractivity contribution in [1.29, 1.82) is 0 Å². The lowest BCUT2D eigenvalue weighted by Crippen LogP contribution is -2.25. The van der Waals surface area contributed by atoms with Crippen LogP contribution in [-0.2, 0) is 7.05 Å². The van der Waals surface area contributed by atoms with Crippen LogP contribution in [0.2, 0.25) is 5.15 Å². The maximum Gasteiger partial charge on any atom is 0.269 e. The fraction of sp³-hybridized carbons (Fsp3) is 0.333. The van der Waals surface area contributed by atoms with E-state index >= 15 is 0 Å². The average Bonchev–Trinajstić information content (AvgIpc) is 2.96. The molecular formula is C18H20ClN5O. The molecular weight excluding hydrogens is 338 g/mol. The first kappa shape index (κ1) is 17.4. The Kier molecular flexibility index (Phi) is 5.28. The van der Waals surface area contributed by atoms with Crippen LogP contribution >= 0.6 is 11.6 Å². The van der Waals surface area contributed by atoms with Gasteiger partial charge in [-0.05, 0) is 18.6 Å². The number of amides is 1. The Hall–Kier alpha value is -2.47. The Bertz CT molecular complexity index is 906. The molecule has 0 unspecified atom stereocenters. The quantitative estimate of drug-likeness (QED) is 0.684. The van der Waals surface area contributed by atoms with E-state index in [2.05, 4.69) is 27.5 Å². The molecule has 1 N–H and O–H groups in total. The second-order valence-electron chi connectivity index (χ2n) is 5.89. The number of halogens is 1. The number of nitrogens with one attached hydrogen (secondary N) is 1. The van der Waals surface area contributed by atoms with E-state index < -0.39 is 0 Å². The number of hydrogen-bond acceptors (Lipinski definition) is 4. The normalized spacial score (nSPS) is 11.0. The van der Waals surface area contributed by atoms with E-state index in [1.807, 2.05) is 24.3 Å². The summed E-state index contributed by atoms with van der Waals surface area (Å²) in [6, 6.07) is 9.35. The van der Waals surface area contributed by atoms with Crippen LogP contribution in [0.25, 0.3) is 22.2 Å². The third kappa shape index (κ3) is 3.64. The lowest BCUT2D eigenvalue weighted by molar-refractivity contribution is 0.0948. The third-order valence-electron chi connectivity index (χ3n) is 4.03. The van der Waals surface area contributed by atoms with E-state index in [1.165, 1.54) is 4.68 Å². The predicted octanol–water partition coefficient (Wildman–Crippen LogP) is 3.60. The molecule has 0 aliphatic carbocycles. The summed E-state index contributed by atoms with van der Waals surface area (Å²) in [5, 5.41) is 12.3. The van der Waals surface area contributed by atoms with Gasteiger partial charge in [-0.1, -0.05) is 54.8 Å². The molecule has 3 rings (SSSR count). The number of carbonyl (C=O) groups excluding carboxylic acids is 1. The van der Waals surface area contributed by atoms with Gasteiger partial charge in [0.25, 0.3) is 5.91 Å². The highest BCUT2D eigenvalue weighted by Gasteiger charge is 2.18. The number of aromatic nitrogens is 4. The Morgan fingerprint density at radius 1 is 1.28 bits per heavy atom. The highest BCUT2D eigenvalue weighted by Crippen LogP contribution is 2.31. The van der Waals surface area contributed by atoms with Gasteiger partial charge in [0, 0.05) is 24.5 Å². The van der Waals surface area contributed by atoms with Crippen LogP contribution in [0.1, 0.15) is 36.7 Å². The standard InChI is InChI=1S/C18H20ClN5O/c1-3-4-7-10-20-18(25)15-11-13(16-17(19)24(2)23-22-16)12-8-5-6-9-14(12)21-15/h5-6,8-9,11H,3-4,7,10H2,1-2H3,(H,20,25). The van der Waals surface area contributed by atoms with E-state index in [0.717, 1.165) is 35.7 Å². The molecule has 2 aromatic heterocycles. The number of carbonyl (C=O) groups is 1. The zero-order chi connectivity index (χ0) is 17.8. The van der Waals surface area contributed by atoms with Gasteiger partial charge in [-0.3, -0.25) is 4.79 Å². The largest absolute Gasteiger partial charge is 0.351 e. The SMILES string of the molecule is CCCCCNC(=O)c1cc(-c2nnn(C)c2Cl)c2ccccc2n1. The summed E-state index contributed by atoms with van der Waals surface area (Å²) in [6.07, 6.45) is 3.16. The van der Waals surface area contributed by atoms with Crippen molar-refractivity contribution >= 4 is 28.4 Å². The minimum absolute atomic E-state index is 0.192. The molecule has 0 bridgehead atoms. The lowest BCUT2D eigenvalue weighted by atomic mass is 10.0. The first-order chi connectivity index (χ1) is 12.1. The summed E-state index contributed by atoms with van der Waals surface area (Å²) in [5.41, 5.74) is 2.37. The monoisotopic (exact) mass is 357 g/mol. The van der Waals surface area contributed by atoms with Gasteiger partial charge in [0.1, 0.15) is 11.4 Å². The van der Waals surface area contributed by atoms with Crippen LogP contribution in [0.5, 0.6) is 0 Å². The molecule has 0 radical (unpaired) electrons. The fourth-order valence-corrected chi connectivity index (χ4v) is 2.84. The lowest BCUT2D eigenvalue weighted by Gasteiger charge is -2.09. The molecule has 130 valence electrons. The number of benzene rings is 1. The number of unbranched alkanes of at least 4 members (excludes halogenated alkanes) is 2. The first-order valence-corrected chi connectivity index (χ1v) is 8.73. The molecule has 0 atom stereocenters. The molecule has 25 heavy (non-hydrogen) atoms. The number of rotatable bonds is 6. The number of para-hydroxylation sites is 1. The molecule has 2 heterocycles. The Morgan fingerprint density at radius 3 is 2.80 bits per heavy atom. The summed E-state index contributed by atoms with van der Waals surface area (Å²) in [7, 11) is 1.73. The topological polar surface area (TPSA) is 72.7 Å². The van der Waals surface area contributed by atoms with Gasteiger partial charge in [0.15, 0.2) is 5.15 Å². The van der Waals surface area contributed by atoms with Crippen molar-refractivity contribution in [2.45, 2.75) is 26.2 Å². The Balaban J connectivity index is 2.01. The van der Waals surface area contributed by atoms with Crippen molar-refractivity contribution in [2.75, 3.05) is 6.54 Å². The third-order valence-corrected chi connectivity index (χ3v) is 4.45. The van der Waals surface area contributed by atoms with Gasteiger partial charge in [-0.15, -0.1) is 5.10 Å². The van der Waals surface area contributed by atoms with E-state index in [1.54, 1.807) is 13.1 Å². The number of nitrogens with zero attached hydrogens (tertiary/aromatic N) is 4. The van der Waals surface area contributed by atoms with Crippen LogP contribution in [-0.4, -0.2) is 32.4 Å². The van der Waals surface area contributed by atoms with Crippen molar-refractivity contribution < 1.29 is 4.79 Å². The average molecular weight is 358 g/mol. The van der Waals surface area contributed by atoms with Crippen molar-refractivity contribution in [2.24, 2.45) is 7.05 Å². The van der Waals surface area contributed by atoms with Gasteiger partial charge in [0.2, 0.25) is 0 Å². The van der Waals surface area contributed by atoms with Gasteiger partial charge in [0.05, 0.1) is 5.52 Å². The van der Waals surface area contributed by atoms with Crippen molar-refractivity contribution in [3.8, 4) is 11.3 Å². The maximum atomic E-state index is 12.5. The highest BCUT2D eigenvalue weighted by atomic mass is 35.5. The molecule has 0 spiro atoms. The molecule has 0 aliphatic heterocycles. The van der Waals surface area contributed by atoms with E-state index in [4.69, 9.17) is 11.6 Å². The highest BCUT2D eigenvalue weighted by molar-refractivity contribution is 6.32. The smallest absolute Gasteiger partial charge is 0.269 e. The van der Waals surface area contributed by atoms with Gasteiger partial charge >= 0.3 is 0 Å². The predicted molar refractivity (Wildman–Crippen MR) is 98.6 cm³/mol. The minimum Gasteiger partial charge on any atom is -0.351 e. The summed E-state index contributed by atoms with van der Waals surface area (Å²) in [4.78, 5) is 17.0. The van der Waals surface area contributed by atoms with E-state index in [9.17, 15) is 4.79 Å². The molecule has 0 saturated carbocycles. The van der Waals surface area contributed by atoms with E-state index in [0.29, 0.717) is 23.1 Å². The summed E-state index contributed by atoms with van der Waals surface area (Å²) in [6.45, 7) is 2.77. The molecule has 0 saturated heterocycles. The van der Waals surface area contributed by atoms with E-state index in [-0.39, 0.29) is 5.91 Å². The number of fused-ring (bicyclic) bond motifs is 1. The molecule has 0 fully saturated rings. The molecule has 6 nitrogen and oxygen atoms in total. The van der Waals surface area contributed by atoms with Gasteiger partial charge in [-0.25, -0.2) is 9.67 Å². The summed E-state index contributed by atoms with van der Waals surface area (Å²) < 4.78 is 1.50. The number of aryl methyl sites for hydroxylation is 1. The summed E-state index contributed by atoms with van der Waals surface area (Å²) in [5.74, 6) is -0.192. The second kappa shape index (κ2) is 7.61. The summed E-state index contributed by atoms with van der Waals surface area (Å²) >= 11 is 6.31. The Labute approximate surface area is 151 Å². The minimum atomic E-state index is -0.192. The molecule has 7 heteroatoms. The number of pyridine rings is 1. The molecule has 3 aromatic rings. The fourth-order valence-electron chi connectivity index (χ4n) is 2.67. The van der Waals surface area contributed by atoms with Crippen LogP contribution < -0.4 is 5.32 Å². The zero-order valence-corrected chi connectivity index (χ0v) is 15.0. The van der Waals surface area contributed by atoms with Crippen molar-refractivity contribution in [1.82, 2.24) is 25.3 Å². The maximum absolute atomic E-state index is 12.5. The Morgan fingerprint density at radius 2 is 2.08 bits per heavy atom. The van der Waals surface area contributed by atoms with Crippen molar-refractivity contribution in [3.05, 3.63) is 41.2 Å². The van der Waals surface area contributed by atoms with Gasteiger partial charge in [-0.2, -0.15) is 0 Å². The van der Waals surface area contributed by atoms with Crippen LogP contribution in [0, 0.1) is 0 Å². The van der Waals surface area contributed by atoms with Crippen LogP contribution in [0.15, 0.2) is 30.3 Å². The molecule has 1 aromatic carbocycles. The molecule has 0 aliphatic rings.